The van der Waals surface area contributed by atoms with Crippen LogP contribution in [0, 0.1) is 0 Å². The van der Waals surface area contributed by atoms with Gasteiger partial charge in [0.05, 0.1) is 19.3 Å². The first-order valence-electron chi connectivity index (χ1n) is 10.4. The van der Waals surface area contributed by atoms with Crippen molar-refractivity contribution >= 4 is 12.0 Å². The highest BCUT2D eigenvalue weighted by atomic mass is 16.5. The molecule has 1 aromatic heterocycles. The number of carbonyl (C=O) groups is 1. The molecule has 3 rings (SSSR count). The maximum absolute atomic E-state index is 12.5. The van der Waals surface area contributed by atoms with Gasteiger partial charge in [0.1, 0.15) is 0 Å². The first kappa shape index (κ1) is 21.7. The normalized spacial score (nSPS) is 15.6. The third kappa shape index (κ3) is 5.75. The third-order valence-corrected chi connectivity index (χ3v) is 5.06. The third-order valence-electron chi connectivity index (χ3n) is 5.06. The lowest BCUT2D eigenvalue weighted by Crippen LogP contribution is -2.48. The molecule has 8 nitrogen and oxygen atoms in total. The van der Waals surface area contributed by atoms with Gasteiger partial charge in [-0.25, -0.2) is 14.8 Å². The van der Waals surface area contributed by atoms with Gasteiger partial charge in [-0.2, -0.15) is 0 Å². The zero-order valence-electron chi connectivity index (χ0n) is 18.1. The van der Waals surface area contributed by atoms with E-state index >= 15 is 0 Å². The van der Waals surface area contributed by atoms with Gasteiger partial charge in [-0.05, 0) is 57.4 Å². The summed E-state index contributed by atoms with van der Waals surface area (Å²) >= 11 is 0. The molecule has 30 heavy (non-hydrogen) atoms. The molecule has 0 bridgehead atoms. The molecule has 2 N–H and O–H groups in total. The zero-order chi connectivity index (χ0) is 21.5. The van der Waals surface area contributed by atoms with E-state index in [0.29, 0.717) is 11.5 Å². The topological polar surface area (TPSA) is 88.6 Å². The van der Waals surface area contributed by atoms with Crippen molar-refractivity contribution in [3.63, 3.8) is 0 Å². The molecule has 0 radical (unpaired) electrons. The maximum Gasteiger partial charge on any atom is 0.315 e. The van der Waals surface area contributed by atoms with Crippen LogP contribution in [0.3, 0.4) is 0 Å². The number of hydrogen-bond donors (Lipinski definition) is 2. The molecule has 1 saturated heterocycles. The molecule has 2 amide bonds. The highest BCUT2D eigenvalue weighted by molar-refractivity contribution is 5.74. The Morgan fingerprint density at radius 1 is 1.13 bits per heavy atom. The quantitative estimate of drug-likeness (QED) is 0.724. The number of aromatic nitrogens is 2. The average molecular weight is 414 g/mol. The van der Waals surface area contributed by atoms with Crippen LogP contribution in [0.4, 0.5) is 10.7 Å². The van der Waals surface area contributed by atoms with Gasteiger partial charge in [0, 0.05) is 31.5 Å². The summed E-state index contributed by atoms with van der Waals surface area (Å²) in [5.74, 6) is 2.10. The Hall–Kier alpha value is -3.03. The van der Waals surface area contributed by atoms with Gasteiger partial charge in [0.2, 0.25) is 5.95 Å². The van der Waals surface area contributed by atoms with Gasteiger partial charge in [-0.1, -0.05) is 6.07 Å². The lowest BCUT2D eigenvalue weighted by atomic mass is 10.1. The van der Waals surface area contributed by atoms with E-state index in [1.807, 2.05) is 45.0 Å². The Labute approximate surface area is 178 Å². The zero-order valence-corrected chi connectivity index (χ0v) is 18.1. The Morgan fingerprint density at radius 3 is 2.47 bits per heavy atom. The summed E-state index contributed by atoms with van der Waals surface area (Å²) in [5, 5.41) is 6.10. The number of anilines is 1. The minimum absolute atomic E-state index is 0.0611. The summed E-state index contributed by atoms with van der Waals surface area (Å²) in [6, 6.07) is 7.34. The van der Waals surface area contributed by atoms with Crippen LogP contribution in [0.15, 0.2) is 36.7 Å². The molecule has 1 aliphatic heterocycles. The molecular weight excluding hydrogens is 382 g/mol. The molecule has 1 atom stereocenters. The van der Waals surface area contributed by atoms with E-state index in [2.05, 4.69) is 25.5 Å². The summed E-state index contributed by atoms with van der Waals surface area (Å²) in [6.07, 6.45) is 5.27. The van der Waals surface area contributed by atoms with Crippen LogP contribution < -0.4 is 25.0 Å². The lowest BCUT2D eigenvalue weighted by Gasteiger charge is -2.32. The molecular formula is C22H31N5O3. The van der Waals surface area contributed by atoms with Crippen molar-refractivity contribution < 1.29 is 14.3 Å². The second-order valence-corrected chi connectivity index (χ2v) is 7.73. The van der Waals surface area contributed by atoms with E-state index < -0.39 is 0 Å². The summed E-state index contributed by atoms with van der Waals surface area (Å²) in [6.45, 7) is 7.53. The fourth-order valence-electron chi connectivity index (χ4n) is 3.49. The molecule has 8 heteroatoms. The fourth-order valence-corrected chi connectivity index (χ4v) is 3.49. The first-order chi connectivity index (χ1) is 14.5. The van der Waals surface area contributed by atoms with Crippen LogP contribution >= 0.6 is 0 Å². The highest BCUT2D eigenvalue weighted by Crippen LogP contribution is 2.31. The number of amides is 2. The number of benzene rings is 1. The highest BCUT2D eigenvalue weighted by Gasteiger charge is 2.23. The number of rotatable bonds is 7. The van der Waals surface area contributed by atoms with Gasteiger partial charge in [0.25, 0.3) is 0 Å². The molecule has 162 valence electrons. The van der Waals surface area contributed by atoms with Crippen LogP contribution in [0.25, 0.3) is 0 Å². The number of nitrogens with zero attached hydrogens (tertiary/aromatic N) is 3. The minimum atomic E-state index is -0.168. The van der Waals surface area contributed by atoms with Crippen molar-refractivity contribution in [2.75, 3.05) is 25.1 Å². The number of nitrogens with one attached hydrogen (secondary N) is 2. The number of hydrogen-bond acceptors (Lipinski definition) is 6. The maximum atomic E-state index is 12.5. The van der Waals surface area contributed by atoms with Gasteiger partial charge < -0.3 is 25.0 Å². The molecule has 1 aromatic carbocycles. The fraction of sp³-hybridized carbons (Fsp3) is 0.500. The number of methoxy groups -OCH3 is 1. The summed E-state index contributed by atoms with van der Waals surface area (Å²) in [7, 11) is 1.62. The van der Waals surface area contributed by atoms with Crippen LogP contribution in [0.1, 0.15) is 45.2 Å². The van der Waals surface area contributed by atoms with Crippen LogP contribution in [-0.4, -0.2) is 48.3 Å². The molecule has 1 fully saturated rings. The standard InChI is InChI=1S/C22H31N5O3/c1-15(2)30-19-7-6-17(14-20(19)29-4)16(3)25-22(28)26-18-8-12-27(13-9-18)21-23-10-5-11-24-21/h5-7,10-11,14-16,18H,8-9,12-13H2,1-4H3,(H2,25,26,28). The van der Waals surface area contributed by atoms with E-state index in [0.717, 1.165) is 37.4 Å². The van der Waals surface area contributed by atoms with Crippen LogP contribution in [0.5, 0.6) is 11.5 Å². The van der Waals surface area contributed by atoms with Gasteiger partial charge in [-0.15, -0.1) is 0 Å². The monoisotopic (exact) mass is 413 g/mol. The summed E-state index contributed by atoms with van der Waals surface area (Å²) < 4.78 is 11.2. The van der Waals surface area contributed by atoms with Crippen LogP contribution in [0.2, 0.25) is 0 Å². The Bertz CT molecular complexity index is 823. The van der Waals surface area contributed by atoms with Crippen molar-refractivity contribution in [2.24, 2.45) is 0 Å². The Kier molecular flexibility index (Phi) is 7.32. The second-order valence-electron chi connectivity index (χ2n) is 7.73. The van der Waals surface area contributed by atoms with Crippen molar-refractivity contribution in [2.45, 2.75) is 51.8 Å². The van der Waals surface area contributed by atoms with E-state index in [1.165, 1.54) is 0 Å². The molecule has 2 heterocycles. The second kappa shape index (κ2) is 10.1. The van der Waals surface area contributed by atoms with Crippen molar-refractivity contribution in [3.05, 3.63) is 42.2 Å². The number of urea groups is 1. The van der Waals surface area contributed by atoms with E-state index in [4.69, 9.17) is 9.47 Å². The predicted molar refractivity (Wildman–Crippen MR) is 116 cm³/mol. The van der Waals surface area contributed by atoms with Crippen molar-refractivity contribution in [3.8, 4) is 11.5 Å². The summed E-state index contributed by atoms with van der Waals surface area (Å²) in [5.41, 5.74) is 0.953. The Morgan fingerprint density at radius 2 is 1.83 bits per heavy atom. The first-order valence-corrected chi connectivity index (χ1v) is 10.4. The predicted octanol–water partition coefficient (Wildman–Crippen LogP) is 3.30. The largest absolute Gasteiger partial charge is 0.493 e. The SMILES string of the molecule is COc1cc(C(C)NC(=O)NC2CCN(c3ncccn3)CC2)ccc1OC(C)C. The smallest absolute Gasteiger partial charge is 0.315 e. The average Bonchev–Trinajstić information content (AvgIpc) is 2.74. The molecule has 2 aromatic rings. The van der Waals surface area contributed by atoms with E-state index in [-0.39, 0.29) is 24.2 Å². The van der Waals surface area contributed by atoms with E-state index in [1.54, 1.807) is 19.5 Å². The van der Waals surface area contributed by atoms with Crippen LogP contribution in [-0.2, 0) is 0 Å². The number of carbonyl (C=O) groups excluding carboxylic acids is 1. The lowest BCUT2D eigenvalue weighted by molar-refractivity contribution is 0.229. The molecule has 1 unspecified atom stereocenters. The molecule has 0 saturated carbocycles. The number of ether oxygens (including phenoxy) is 2. The van der Waals surface area contributed by atoms with Gasteiger partial charge in [-0.3, -0.25) is 0 Å². The van der Waals surface area contributed by atoms with Crippen molar-refractivity contribution in [1.29, 1.82) is 0 Å². The van der Waals surface area contributed by atoms with Gasteiger partial charge >= 0.3 is 6.03 Å². The van der Waals surface area contributed by atoms with Gasteiger partial charge in [0.15, 0.2) is 11.5 Å². The van der Waals surface area contributed by atoms with E-state index in [9.17, 15) is 4.79 Å². The molecule has 1 aliphatic rings. The Balaban J connectivity index is 1.50. The molecule has 0 aliphatic carbocycles. The minimum Gasteiger partial charge on any atom is -0.493 e. The summed E-state index contributed by atoms with van der Waals surface area (Å²) in [4.78, 5) is 23.2. The molecule has 0 spiro atoms. The number of piperidine rings is 1. The van der Waals surface area contributed by atoms with Crippen molar-refractivity contribution in [1.82, 2.24) is 20.6 Å².